The van der Waals surface area contributed by atoms with E-state index in [2.05, 4.69) is 0 Å². The first-order chi connectivity index (χ1) is 6.68. The molecule has 84 valence electrons. The summed E-state index contributed by atoms with van der Waals surface area (Å²) in [5, 5.41) is 0. The topological polar surface area (TPSA) is 0 Å². The number of hydrogen-bond donors (Lipinski definition) is 0. The molecule has 0 saturated carbocycles. The van der Waals surface area contributed by atoms with E-state index in [0.29, 0.717) is 22.6 Å². The molecular weight excluding hydrogens is 452 g/mol. The minimum atomic E-state index is -4.02. The molecule has 15 heavy (non-hydrogen) atoms. The maximum absolute atomic E-state index is 12.9. The van der Waals surface area contributed by atoms with E-state index < -0.39 is 36.3 Å². The lowest BCUT2D eigenvalue weighted by molar-refractivity contribution is 0.115. The first-order valence-electron chi connectivity index (χ1n) is 3.26. The van der Waals surface area contributed by atoms with E-state index in [9.17, 15) is 26.3 Å². The average molecular weight is 452 g/mol. The lowest BCUT2D eigenvalue weighted by atomic mass is 10.2. The van der Waals surface area contributed by atoms with Crippen LogP contribution in [-0.2, 0) is 3.93 Å². The van der Waals surface area contributed by atoms with Crippen LogP contribution in [0.15, 0.2) is 0 Å². The van der Waals surface area contributed by atoms with Crippen LogP contribution in [0.25, 0.3) is 0 Å². The summed E-state index contributed by atoms with van der Waals surface area (Å²) in [7, 11) is 0. The van der Waals surface area contributed by atoms with E-state index >= 15 is 0 Å². The molecule has 0 aliphatic carbocycles. The van der Waals surface area contributed by atoms with Gasteiger partial charge in [-0.25, -0.2) is 17.6 Å². The SMILES string of the molecule is Fc1c(F)c(C(F)(F)I)c(F)c(F)c1I. The predicted octanol–water partition coefficient (Wildman–Crippen LogP) is 4.33. The van der Waals surface area contributed by atoms with Crippen LogP contribution in [0, 0.1) is 26.8 Å². The minimum Gasteiger partial charge on any atom is -0.203 e. The van der Waals surface area contributed by atoms with Gasteiger partial charge in [0.15, 0.2) is 23.3 Å². The van der Waals surface area contributed by atoms with Crippen molar-refractivity contribution < 1.29 is 26.3 Å². The molecule has 8 heteroatoms. The van der Waals surface area contributed by atoms with E-state index in [1.54, 1.807) is 0 Å². The molecule has 1 aromatic rings. The monoisotopic (exact) mass is 452 g/mol. The van der Waals surface area contributed by atoms with Gasteiger partial charge in [-0.2, -0.15) is 8.78 Å². The third-order valence-electron chi connectivity index (χ3n) is 1.49. The van der Waals surface area contributed by atoms with Gasteiger partial charge in [-0.1, -0.05) is 0 Å². The van der Waals surface area contributed by atoms with Crippen molar-refractivity contribution in [3.63, 3.8) is 0 Å². The molecule has 0 unspecified atom stereocenters. The molecule has 1 rings (SSSR count). The average Bonchev–Trinajstić information content (AvgIpc) is 2.09. The van der Waals surface area contributed by atoms with Crippen molar-refractivity contribution in [2.45, 2.75) is 3.93 Å². The third-order valence-corrected chi connectivity index (χ3v) is 2.98. The summed E-state index contributed by atoms with van der Waals surface area (Å²) < 4.78 is 71.8. The van der Waals surface area contributed by atoms with E-state index in [1.807, 2.05) is 0 Å². The van der Waals surface area contributed by atoms with Gasteiger partial charge in [-0.05, 0) is 22.6 Å². The van der Waals surface area contributed by atoms with Crippen LogP contribution < -0.4 is 0 Å². The van der Waals surface area contributed by atoms with Crippen LogP contribution in [-0.4, -0.2) is 0 Å². The Hall–Kier alpha value is 0.260. The van der Waals surface area contributed by atoms with Crippen molar-refractivity contribution in [2.24, 2.45) is 0 Å². The molecule has 0 bridgehead atoms. The number of hydrogen-bond acceptors (Lipinski definition) is 0. The summed E-state index contributed by atoms with van der Waals surface area (Å²) in [6.07, 6.45) is 0. The third kappa shape index (κ3) is 2.34. The fourth-order valence-electron chi connectivity index (χ4n) is 0.854. The second kappa shape index (κ2) is 4.26. The van der Waals surface area contributed by atoms with Crippen LogP contribution in [0.5, 0.6) is 0 Å². The maximum atomic E-state index is 12.9. The summed E-state index contributed by atoms with van der Waals surface area (Å²) in [6, 6.07) is 0. The zero-order valence-electron chi connectivity index (χ0n) is 6.52. The molecular formula is C7F6I2. The fraction of sp³-hybridized carbons (Fsp3) is 0.143. The van der Waals surface area contributed by atoms with Gasteiger partial charge >= 0.3 is 3.93 Å². The maximum Gasteiger partial charge on any atom is 0.327 e. The molecule has 0 saturated heterocycles. The summed E-state index contributed by atoms with van der Waals surface area (Å²) in [5.41, 5.74) is -1.90. The zero-order valence-corrected chi connectivity index (χ0v) is 10.8. The summed E-state index contributed by atoms with van der Waals surface area (Å²) >= 11 is 1.38. The predicted molar refractivity (Wildman–Crippen MR) is 56.9 cm³/mol. The van der Waals surface area contributed by atoms with Gasteiger partial charge in [0.05, 0.1) is 3.57 Å². The molecule has 0 fully saturated rings. The van der Waals surface area contributed by atoms with Crippen LogP contribution in [0.3, 0.4) is 0 Å². The highest BCUT2D eigenvalue weighted by Crippen LogP contribution is 2.40. The summed E-state index contributed by atoms with van der Waals surface area (Å²) in [6.45, 7) is 0. The standard InChI is InChI=1S/C7F6I2/c8-2-1(7(12,13)15)3(9)5(11)6(14)4(2)10. The number of benzene rings is 1. The van der Waals surface area contributed by atoms with Crippen molar-refractivity contribution in [1.29, 1.82) is 0 Å². The minimum absolute atomic E-state index is 0.390. The van der Waals surface area contributed by atoms with Crippen LogP contribution >= 0.6 is 45.2 Å². The lowest BCUT2D eigenvalue weighted by Crippen LogP contribution is -2.14. The highest BCUT2D eigenvalue weighted by Gasteiger charge is 2.39. The highest BCUT2D eigenvalue weighted by atomic mass is 127. The molecule has 0 amide bonds. The van der Waals surface area contributed by atoms with Gasteiger partial charge < -0.3 is 0 Å². The summed E-state index contributed by atoms with van der Waals surface area (Å²) in [5.74, 6) is -7.78. The lowest BCUT2D eigenvalue weighted by Gasteiger charge is -2.13. The molecule has 1 aromatic carbocycles. The Morgan fingerprint density at radius 2 is 1.13 bits per heavy atom. The van der Waals surface area contributed by atoms with Crippen LogP contribution in [0.1, 0.15) is 5.56 Å². The molecule has 0 aliphatic heterocycles. The Morgan fingerprint density at radius 3 is 1.40 bits per heavy atom. The second-order valence-corrected chi connectivity index (χ2v) is 4.88. The van der Waals surface area contributed by atoms with Crippen molar-refractivity contribution in [2.75, 3.05) is 0 Å². The Kier molecular flexibility index (Phi) is 3.78. The fourth-order valence-corrected chi connectivity index (χ4v) is 1.80. The zero-order chi connectivity index (χ0) is 12.0. The van der Waals surface area contributed by atoms with Gasteiger partial charge in [0, 0.05) is 22.6 Å². The first kappa shape index (κ1) is 13.3. The number of rotatable bonds is 1. The highest BCUT2D eigenvalue weighted by molar-refractivity contribution is 14.1. The quantitative estimate of drug-likeness (QED) is 0.196. The molecule has 0 aliphatic rings. The molecule has 0 spiro atoms. The van der Waals surface area contributed by atoms with Crippen molar-refractivity contribution in [3.8, 4) is 0 Å². The van der Waals surface area contributed by atoms with Crippen molar-refractivity contribution in [3.05, 3.63) is 32.4 Å². The van der Waals surface area contributed by atoms with Crippen molar-refractivity contribution >= 4 is 45.2 Å². The van der Waals surface area contributed by atoms with E-state index in [-0.39, 0.29) is 0 Å². The van der Waals surface area contributed by atoms with E-state index in [1.165, 1.54) is 0 Å². The summed E-state index contributed by atoms with van der Waals surface area (Å²) in [4.78, 5) is 0. The Bertz CT molecular complexity index is 382. The van der Waals surface area contributed by atoms with Crippen molar-refractivity contribution in [1.82, 2.24) is 0 Å². The van der Waals surface area contributed by atoms with Crippen LogP contribution in [0.2, 0.25) is 0 Å². The molecule has 0 N–H and O–H groups in total. The molecule has 0 atom stereocenters. The van der Waals surface area contributed by atoms with Gasteiger partial charge in [0.25, 0.3) is 0 Å². The van der Waals surface area contributed by atoms with E-state index in [4.69, 9.17) is 0 Å². The molecule has 0 nitrogen and oxygen atoms in total. The second-order valence-electron chi connectivity index (χ2n) is 2.44. The van der Waals surface area contributed by atoms with Gasteiger partial charge in [0.2, 0.25) is 0 Å². The molecule has 0 heterocycles. The van der Waals surface area contributed by atoms with Gasteiger partial charge in [-0.15, -0.1) is 0 Å². The number of halogens is 8. The van der Waals surface area contributed by atoms with Gasteiger partial charge in [-0.3, -0.25) is 0 Å². The Balaban J connectivity index is 3.68. The normalized spacial score (nSPS) is 12.0. The smallest absolute Gasteiger partial charge is 0.203 e. The molecule has 0 radical (unpaired) electrons. The largest absolute Gasteiger partial charge is 0.327 e. The Labute approximate surface area is 107 Å². The van der Waals surface area contributed by atoms with Gasteiger partial charge in [0.1, 0.15) is 5.56 Å². The first-order valence-corrected chi connectivity index (χ1v) is 5.42. The Morgan fingerprint density at radius 1 is 0.800 bits per heavy atom. The van der Waals surface area contributed by atoms with E-state index in [0.717, 1.165) is 22.6 Å². The number of alkyl halides is 3. The van der Waals surface area contributed by atoms with Crippen LogP contribution in [0.4, 0.5) is 26.3 Å². The molecule has 0 aromatic heterocycles.